The Kier molecular flexibility index (Phi) is 3.48. The van der Waals surface area contributed by atoms with E-state index >= 15 is 0 Å². The second kappa shape index (κ2) is 4.96. The molecule has 0 aliphatic heterocycles. The van der Waals surface area contributed by atoms with Crippen molar-refractivity contribution in [1.82, 2.24) is 0 Å². The van der Waals surface area contributed by atoms with Gasteiger partial charge in [-0.15, -0.1) is 0 Å². The summed E-state index contributed by atoms with van der Waals surface area (Å²) >= 11 is 0. The molecule has 0 bridgehead atoms. The maximum atomic E-state index is 12.5. The zero-order chi connectivity index (χ0) is 14.9. The highest BCUT2D eigenvalue weighted by molar-refractivity contribution is 5.75. The summed E-state index contributed by atoms with van der Waals surface area (Å²) in [6, 6.07) is 8.11. The Morgan fingerprint density at radius 3 is 1.90 bits per heavy atom. The van der Waals surface area contributed by atoms with Gasteiger partial charge in [0.2, 0.25) is 0 Å². The third-order valence-corrected chi connectivity index (χ3v) is 3.09. The molecule has 0 fully saturated rings. The molecule has 0 aromatic heterocycles. The van der Waals surface area contributed by atoms with Gasteiger partial charge in [-0.05, 0) is 29.8 Å². The second-order valence-electron chi connectivity index (χ2n) is 4.51. The predicted molar refractivity (Wildman–Crippen MR) is 73.9 cm³/mol. The number of rotatable bonds is 2. The lowest BCUT2D eigenvalue weighted by Crippen LogP contribution is -2.06. The van der Waals surface area contributed by atoms with Crippen molar-refractivity contribution in [3.63, 3.8) is 0 Å². The van der Waals surface area contributed by atoms with Crippen LogP contribution < -0.4 is 17.2 Å². The van der Waals surface area contributed by atoms with Crippen molar-refractivity contribution in [1.29, 1.82) is 0 Å². The molecule has 6 N–H and O–H groups in total. The molecular formula is C14H14F3N3. The average molecular weight is 281 g/mol. The molecule has 2 aromatic carbocycles. The first-order valence-corrected chi connectivity index (χ1v) is 5.87. The third-order valence-electron chi connectivity index (χ3n) is 3.09. The van der Waals surface area contributed by atoms with Crippen LogP contribution in [-0.2, 0) is 12.6 Å². The SMILES string of the molecule is Nc1ccc(N)c(Cc2ccc(C(F)(F)F)cc2)c1N. The summed E-state index contributed by atoms with van der Waals surface area (Å²) in [6.45, 7) is 0. The Morgan fingerprint density at radius 1 is 0.800 bits per heavy atom. The molecule has 0 saturated carbocycles. The van der Waals surface area contributed by atoms with Gasteiger partial charge in [0.1, 0.15) is 0 Å². The molecule has 0 saturated heterocycles. The number of anilines is 3. The largest absolute Gasteiger partial charge is 0.416 e. The van der Waals surface area contributed by atoms with Crippen molar-refractivity contribution in [3.8, 4) is 0 Å². The van der Waals surface area contributed by atoms with E-state index < -0.39 is 11.7 Å². The summed E-state index contributed by atoms with van der Waals surface area (Å²) < 4.78 is 37.4. The van der Waals surface area contributed by atoms with Crippen molar-refractivity contribution >= 4 is 17.1 Å². The summed E-state index contributed by atoms with van der Waals surface area (Å²) in [5.74, 6) is 0. The highest BCUT2D eigenvalue weighted by Gasteiger charge is 2.29. The zero-order valence-corrected chi connectivity index (χ0v) is 10.5. The molecule has 6 heteroatoms. The van der Waals surface area contributed by atoms with E-state index in [4.69, 9.17) is 17.2 Å². The number of halogens is 3. The minimum absolute atomic E-state index is 0.334. The number of hydrogen-bond donors (Lipinski definition) is 3. The molecule has 0 radical (unpaired) electrons. The summed E-state index contributed by atoms with van der Waals surface area (Å²) in [5.41, 5.74) is 19.2. The van der Waals surface area contributed by atoms with E-state index in [1.807, 2.05) is 0 Å². The zero-order valence-electron chi connectivity index (χ0n) is 10.5. The topological polar surface area (TPSA) is 78.1 Å². The predicted octanol–water partition coefficient (Wildman–Crippen LogP) is 3.04. The molecule has 2 aromatic rings. The minimum Gasteiger partial charge on any atom is -0.398 e. The first-order chi connectivity index (χ1) is 9.29. The molecular weight excluding hydrogens is 267 g/mol. The fourth-order valence-corrected chi connectivity index (χ4v) is 1.91. The van der Waals surface area contributed by atoms with Crippen LogP contribution in [0.1, 0.15) is 16.7 Å². The minimum atomic E-state index is -4.34. The van der Waals surface area contributed by atoms with E-state index in [-0.39, 0.29) is 0 Å². The molecule has 0 unspecified atom stereocenters. The average Bonchev–Trinajstić information content (AvgIpc) is 2.39. The molecule has 0 spiro atoms. The lowest BCUT2D eigenvalue weighted by molar-refractivity contribution is -0.137. The molecule has 0 atom stereocenters. The standard InChI is InChI=1S/C14H14F3N3/c15-14(16,17)9-3-1-8(2-4-9)7-10-11(18)5-6-12(19)13(10)20/h1-6H,7,18-20H2. The molecule has 0 heterocycles. The smallest absolute Gasteiger partial charge is 0.398 e. The Balaban J connectivity index is 2.30. The van der Waals surface area contributed by atoms with E-state index in [1.165, 1.54) is 12.1 Å². The summed E-state index contributed by atoms with van der Waals surface area (Å²) in [6.07, 6.45) is -4.01. The van der Waals surface area contributed by atoms with Crippen LogP contribution in [0.25, 0.3) is 0 Å². The van der Waals surface area contributed by atoms with Crippen LogP contribution in [0.2, 0.25) is 0 Å². The van der Waals surface area contributed by atoms with Gasteiger partial charge in [-0.25, -0.2) is 0 Å². The van der Waals surface area contributed by atoms with Gasteiger partial charge in [0, 0.05) is 17.7 Å². The number of nitrogen functional groups attached to an aromatic ring is 3. The van der Waals surface area contributed by atoms with Gasteiger partial charge in [0.15, 0.2) is 0 Å². The van der Waals surface area contributed by atoms with Gasteiger partial charge >= 0.3 is 6.18 Å². The van der Waals surface area contributed by atoms with E-state index in [2.05, 4.69) is 0 Å². The highest BCUT2D eigenvalue weighted by Crippen LogP contribution is 2.31. The van der Waals surface area contributed by atoms with E-state index in [1.54, 1.807) is 12.1 Å². The molecule has 2 rings (SSSR count). The number of alkyl halides is 3. The van der Waals surface area contributed by atoms with Crippen molar-refractivity contribution in [2.75, 3.05) is 17.2 Å². The molecule has 0 amide bonds. The fourth-order valence-electron chi connectivity index (χ4n) is 1.91. The Hall–Kier alpha value is -2.37. The van der Waals surface area contributed by atoms with Crippen LogP contribution in [0, 0.1) is 0 Å². The van der Waals surface area contributed by atoms with Crippen LogP contribution in [-0.4, -0.2) is 0 Å². The van der Waals surface area contributed by atoms with Crippen LogP contribution in [0.5, 0.6) is 0 Å². The molecule has 20 heavy (non-hydrogen) atoms. The van der Waals surface area contributed by atoms with Crippen molar-refractivity contribution < 1.29 is 13.2 Å². The van der Waals surface area contributed by atoms with Gasteiger partial charge in [0.05, 0.1) is 16.9 Å². The van der Waals surface area contributed by atoms with E-state index in [0.717, 1.165) is 12.1 Å². The van der Waals surface area contributed by atoms with Crippen LogP contribution in [0.3, 0.4) is 0 Å². The fraction of sp³-hybridized carbons (Fsp3) is 0.143. The van der Waals surface area contributed by atoms with Gasteiger partial charge in [-0.2, -0.15) is 13.2 Å². The van der Waals surface area contributed by atoms with Crippen molar-refractivity contribution in [2.45, 2.75) is 12.6 Å². The molecule has 0 aliphatic rings. The van der Waals surface area contributed by atoms with Gasteiger partial charge < -0.3 is 17.2 Å². The summed E-state index contributed by atoms with van der Waals surface area (Å²) in [7, 11) is 0. The van der Waals surface area contributed by atoms with E-state index in [9.17, 15) is 13.2 Å². The molecule has 3 nitrogen and oxygen atoms in total. The van der Waals surface area contributed by atoms with Gasteiger partial charge in [0.25, 0.3) is 0 Å². The number of nitrogens with two attached hydrogens (primary N) is 3. The van der Waals surface area contributed by atoms with Crippen LogP contribution in [0.15, 0.2) is 36.4 Å². The Bertz CT molecular complexity index is 619. The lowest BCUT2D eigenvalue weighted by Gasteiger charge is -2.12. The first-order valence-electron chi connectivity index (χ1n) is 5.87. The van der Waals surface area contributed by atoms with E-state index in [0.29, 0.717) is 34.6 Å². The Morgan fingerprint density at radius 2 is 1.35 bits per heavy atom. The summed E-state index contributed by atoms with van der Waals surface area (Å²) in [5, 5.41) is 0. The van der Waals surface area contributed by atoms with Crippen LogP contribution in [0.4, 0.5) is 30.2 Å². The monoisotopic (exact) mass is 281 g/mol. The van der Waals surface area contributed by atoms with Crippen LogP contribution >= 0.6 is 0 Å². The Labute approximate surface area is 114 Å². The normalized spacial score (nSPS) is 11.6. The third kappa shape index (κ3) is 2.79. The molecule has 0 aliphatic carbocycles. The molecule has 106 valence electrons. The first kappa shape index (κ1) is 14.0. The lowest BCUT2D eigenvalue weighted by atomic mass is 9.99. The summed E-state index contributed by atoms with van der Waals surface area (Å²) in [4.78, 5) is 0. The van der Waals surface area contributed by atoms with Crippen molar-refractivity contribution in [2.24, 2.45) is 0 Å². The van der Waals surface area contributed by atoms with Gasteiger partial charge in [-0.1, -0.05) is 12.1 Å². The highest BCUT2D eigenvalue weighted by atomic mass is 19.4. The van der Waals surface area contributed by atoms with Gasteiger partial charge in [-0.3, -0.25) is 0 Å². The maximum Gasteiger partial charge on any atom is 0.416 e. The maximum absolute atomic E-state index is 12.5. The quantitative estimate of drug-likeness (QED) is 0.740. The number of benzene rings is 2. The second-order valence-corrected chi connectivity index (χ2v) is 4.51. The van der Waals surface area contributed by atoms with Crippen molar-refractivity contribution in [3.05, 3.63) is 53.1 Å². The number of hydrogen-bond acceptors (Lipinski definition) is 3.